The minimum atomic E-state index is -3.02. The third-order valence-corrected chi connectivity index (χ3v) is 12.4. The quantitative estimate of drug-likeness (QED) is 0.309. The molecule has 0 radical (unpaired) electrons. The first kappa shape index (κ1) is 37.5. The van der Waals surface area contributed by atoms with Crippen molar-refractivity contribution >= 4 is 30.9 Å². The SMILES string of the molecule is CC(C)(C)OC(=O)NC[C@H](O)[C@H]1OC(C)(C)O[C@@H]1[C@H](CO[Si](c1ccccc1)(c1ccccc1)C(C)(C)C)NC(=O)OC(C)(C)C. The van der Waals surface area contributed by atoms with Crippen LogP contribution in [0.4, 0.5) is 9.59 Å². The van der Waals surface area contributed by atoms with Crippen LogP contribution in [0.1, 0.15) is 76.2 Å². The van der Waals surface area contributed by atoms with Gasteiger partial charge in [0.15, 0.2) is 5.79 Å². The molecule has 0 aromatic heterocycles. The first-order chi connectivity index (χ1) is 21.1. The van der Waals surface area contributed by atoms with E-state index in [4.69, 9.17) is 23.4 Å². The molecular formula is C35H54N2O8Si. The molecule has 11 heteroatoms. The van der Waals surface area contributed by atoms with E-state index in [9.17, 15) is 14.7 Å². The molecule has 0 spiro atoms. The Bertz CT molecular complexity index is 1250. The van der Waals surface area contributed by atoms with E-state index >= 15 is 0 Å². The van der Waals surface area contributed by atoms with Crippen LogP contribution >= 0.6 is 0 Å². The normalized spacial score (nSPS) is 20.0. The molecule has 3 N–H and O–H groups in total. The molecule has 2 aromatic rings. The predicted molar refractivity (Wildman–Crippen MR) is 181 cm³/mol. The molecule has 2 amide bonds. The summed E-state index contributed by atoms with van der Waals surface area (Å²) in [5, 5.41) is 18.7. The van der Waals surface area contributed by atoms with Crippen LogP contribution in [0.15, 0.2) is 60.7 Å². The molecule has 256 valence electrons. The highest BCUT2D eigenvalue weighted by Gasteiger charge is 2.53. The number of aliphatic hydroxyl groups excluding tert-OH is 1. The molecular weight excluding hydrogens is 604 g/mol. The second-order valence-corrected chi connectivity index (χ2v) is 19.5. The Labute approximate surface area is 275 Å². The summed E-state index contributed by atoms with van der Waals surface area (Å²) >= 11 is 0. The Hall–Kier alpha value is -2.96. The zero-order valence-electron chi connectivity index (χ0n) is 29.3. The van der Waals surface area contributed by atoms with E-state index in [1.165, 1.54) is 0 Å². The van der Waals surface area contributed by atoms with Crippen molar-refractivity contribution in [1.82, 2.24) is 10.6 Å². The smallest absolute Gasteiger partial charge is 0.408 e. The molecule has 1 aliphatic rings. The number of alkyl carbamates (subject to hydrolysis) is 2. The molecule has 0 aliphatic carbocycles. The summed E-state index contributed by atoms with van der Waals surface area (Å²) in [5.41, 5.74) is -1.46. The maximum atomic E-state index is 13.3. The average molecular weight is 659 g/mol. The molecule has 2 aromatic carbocycles. The number of hydrogen-bond acceptors (Lipinski definition) is 8. The van der Waals surface area contributed by atoms with Gasteiger partial charge in [-0.3, -0.25) is 0 Å². The van der Waals surface area contributed by atoms with E-state index < -0.39 is 61.8 Å². The zero-order chi connectivity index (χ0) is 34.6. The Morgan fingerprint density at radius 3 is 1.72 bits per heavy atom. The van der Waals surface area contributed by atoms with Crippen LogP contribution in [-0.4, -0.2) is 80.1 Å². The van der Waals surface area contributed by atoms with Gasteiger partial charge in [0.05, 0.1) is 12.6 Å². The van der Waals surface area contributed by atoms with Crippen molar-refractivity contribution in [1.29, 1.82) is 0 Å². The molecule has 46 heavy (non-hydrogen) atoms. The molecule has 1 heterocycles. The van der Waals surface area contributed by atoms with Crippen molar-refractivity contribution < 1.29 is 38.1 Å². The zero-order valence-corrected chi connectivity index (χ0v) is 30.3. The van der Waals surface area contributed by atoms with Crippen molar-refractivity contribution in [3.63, 3.8) is 0 Å². The van der Waals surface area contributed by atoms with E-state index in [0.717, 1.165) is 10.4 Å². The summed E-state index contributed by atoms with van der Waals surface area (Å²) in [6.45, 7) is 20.5. The molecule has 1 fully saturated rings. The van der Waals surface area contributed by atoms with Crippen molar-refractivity contribution in [2.24, 2.45) is 0 Å². The molecule has 0 unspecified atom stereocenters. The Morgan fingerprint density at radius 2 is 1.26 bits per heavy atom. The van der Waals surface area contributed by atoms with Crippen molar-refractivity contribution in [2.45, 2.75) is 123 Å². The number of amides is 2. The molecule has 1 saturated heterocycles. The topological polar surface area (TPSA) is 125 Å². The lowest BCUT2D eigenvalue weighted by Crippen LogP contribution is -2.68. The van der Waals surface area contributed by atoms with E-state index in [0.29, 0.717) is 0 Å². The fourth-order valence-electron chi connectivity index (χ4n) is 5.70. The minimum absolute atomic E-state index is 0.0271. The monoisotopic (exact) mass is 658 g/mol. The number of nitrogens with one attached hydrogen (secondary N) is 2. The molecule has 3 rings (SSSR count). The number of carbonyl (C=O) groups excluding carboxylic acids is 2. The van der Waals surface area contributed by atoms with Crippen LogP contribution in [-0.2, 0) is 23.4 Å². The highest BCUT2D eigenvalue weighted by Crippen LogP contribution is 2.38. The van der Waals surface area contributed by atoms with Crippen LogP contribution in [0.25, 0.3) is 0 Å². The van der Waals surface area contributed by atoms with Gasteiger partial charge < -0.3 is 39.1 Å². The number of ether oxygens (including phenoxy) is 4. The number of hydrogen-bond donors (Lipinski definition) is 3. The summed E-state index contributed by atoms with van der Waals surface area (Å²) < 4.78 is 30.7. The molecule has 1 aliphatic heterocycles. The third kappa shape index (κ3) is 10.0. The van der Waals surface area contributed by atoms with Gasteiger partial charge in [0.25, 0.3) is 8.32 Å². The van der Waals surface area contributed by atoms with Crippen LogP contribution in [0, 0.1) is 0 Å². The second kappa shape index (κ2) is 14.4. The summed E-state index contributed by atoms with van der Waals surface area (Å²) in [5.74, 6) is -1.10. The summed E-state index contributed by atoms with van der Waals surface area (Å²) in [6, 6.07) is 19.5. The lowest BCUT2D eigenvalue weighted by atomic mass is 10.0. The lowest BCUT2D eigenvalue weighted by Gasteiger charge is -2.44. The van der Waals surface area contributed by atoms with Gasteiger partial charge in [0, 0.05) is 6.54 Å². The standard InChI is InChI=1S/C35H54N2O8Si/c1-32(2,3)44-30(39)36-22-27(38)29-28(42-35(10,11)43-29)26(37-31(40)45-33(4,5)6)23-41-46(34(7,8)9,24-18-14-12-15-19-24)25-20-16-13-17-21-25/h12-21,26-29,38H,22-23H2,1-11H3,(H,36,39)(H,37,40)/t26-,27-,28+,29+/m0/s1. The summed E-state index contributed by atoms with van der Waals surface area (Å²) in [4.78, 5) is 25.6. The maximum Gasteiger partial charge on any atom is 0.408 e. The fraction of sp³-hybridized carbons (Fsp3) is 0.600. The minimum Gasteiger partial charge on any atom is -0.444 e. The molecule has 0 saturated carbocycles. The highest BCUT2D eigenvalue weighted by atomic mass is 28.4. The first-order valence-corrected chi connectivity index (χ1v) is 17.8. The summed E-state index contributed by atoms with van der Waals surface area (Å²) in [6.07, 6.45) is -4.32. The Balaban J connectivity index is 2.02. The number of aliphatic hydroxyl groups is 1. The van der Waals surface area contributed by atoms with E-state index in [1.807, 2.05) is 36.4 Å². The van der Waals surface area contributed by atoms with E-state index in [1.54, 1.807) is 55.4 Å². The van der Waals surface area contributed by atoms with Gasteiger partial charge in [-0.15, -0.1) is 0 Å². The van der Waals surface area contributed by atoms with Gasteiger partial charge in [0.1, 0.15) is 29.5 Å². The maximum absolute atomic E-state index is 13.3. The third-order valence-electron chi connectivity index (χ3n) is 7.39. The average Bonchev–Trinajstić information content (AvgIpc) is 3.25. The summed E-state index contributed by atoms with van der Waals surface area (Å²) in [7, 11) is -3.02. The first-order valence-electron chi connectivity index (χ1n) is 15.9. The Kier molecular flexibility index (Phi) is 11.8. The van der Waals surface area contributed by atoms with Crippen LogP contribution < -0.4 is 21.0 Å². The molecule has 10 nitrogen and oxygen atoms in total. The molecule has 4 atom stereocenters. The van der Waals surface area contributed by atoms with Crippen molar-refractivity contribution in [3.8, 4) is 0 Å². The van der Waals surface area contributed by atoms with Gasteiger partial charge in [-0.25, -0.2) is 9.59 Å². The molecule has 0 bridgehead atoms. The highest BCUT2D eigenvalue weighted by molar-refractivity contribution is 6.99. The number of rotatable bonds is 10. The van der Waals surface area contributed by atoms with Crippen LogP contribution in [0.2, 0.25) is 5.04 Å². The van der Waals surface area contributed by atoms with Crippen molar-refractivity contribution in [3.05, 3.63) is 60.7 Å². The van der Waals surface area contributed by atoms with Gasteiger partial charge in [0.2, 0.25) is 0 Å². The number of carbonyl (C=O) groups is 2. The van der Waals surface area contributed by atoms with Gasteiger partial charge >= 0.3 is 12.2 Å². The van der Waals surface area contributed by atoms with Gasteiger partial charge in [-0.1, -0.05) is 81.4 Å². The van der Waals surface area contributed by atoms with Gasteiger partial charge in [-0.05, 0) is 70.8 Å². The predicted octanol–water partition coefficient (Wildman–Crippen LogP) is 4.86. The fourth-order valence-corrected chi connectivity index (χ4v) is 10.3. The number of benzene rings is 2. The largest absolute Gasteiger partial charge is 0.444 e. The van der Waals surface area contributed by atoms with E-state index in [-0.39, 0.29) is 18.2 Å². The van der Waals surface area contributed by atoms with Gasteiger partial charge in [-0.2, -0.15) is 0 Å². The van der Waals surface area contributed by atoms with Crippen LogP contribution in [0.3, 0.4) is 0 Å². The lowest BCUT2D eigenvalue weighted by molar-refractivity contribution is -0.156. The Morgan fingerprint density at radius 1 is 0.804 bits per heavy atom. The second-order valence-electron chi connectivity index (χ2n) is 15.2. The van der Waals surface area contributed by atoms with Crippen LogP contribution in [0.5, 0.6) is 0 Å². The van der Waals surface area contributed by atoms with E-state index in [2.05, 4.69) is 55.7 Å². The van der Waals surface area contributed by atoms with Crippen molar-refractivity contribution in [2.75, 3.05) is 13.2 Å².